The highest BCUT2D eigenvalue weighted by molar-refractivity contribution is 6.22. The van der Waals surface area contributed by atoms with E-state index in [0.717, 1.165) is 0 Å². The van der Waals surface area contributed by atoms with Gasteiger partial charge in [-0.15, -0.1) is 0 Å². The Morgan fingerprint density at radius 1 is 1.17 bits per heavy atom. The summed E-state index contributed by atoms with van der Waals surface area (Å²) in [6.45, 7) is 3.51. The van der Waals surface area contributed by atoms with Gasteiger partial charge in [-0.25, -0.2) is 4.90 Å². The second kappa shape index (κ2) is 4.33. The largest absolute Gasteiger partial charge is 0.495 e. The Hall–Kier alpha value is -2.04. The second-order valence-electron chi connectivity index (χ2n) is 4.52. The molecule has 96 valence electrons. The summed E-state index contributed by atoms with van der Waals surface area (Å²) in [6, 6.07) is 4.90. The molecule has 0 radical (unpaired) electrons. The number of methoxy groups -OCH3 is 1. The topological polar surface area (TPSA) is 72.6 Å². The standard InChI is InChI=1S/C13H16N2O3/c1-7-8(2)13(17)15(12(7)16)10-6-9(14)4-5-11(10)18-3/h4-8H,14H2,1-3H3. The van der Waals surface area contributed by atoms with Crippen molar-refractivity contribution < 1.29 is 14.3 Å². The van der Waals surface area contributed by atoms with Crippen molar-refractivity contribution in [3.63, 3.8) is 0 Å². The minimum atomic E-state index is -0.316. The van der Waals surface area contributed by atoms with Crippen molar-refractivity contribution in [1.82, 2.24) is 0 Å². The van der Waals surface area contributed by atoms with Gasteiger partial charge < -0.3 is 10.5 Å². The van der Waals surface area contributed by atoms with E-state index in [4.69, 9.17) is 10.5 Å². The van der Waals surface area contributed by atoms with E-state index in [2.05, 4.69) is 0 Å². The zero-order valence-electron chi connectivity index (χ0n) is 10.6. The number of amides is 2. The third-order valence-electron chi connectivity index (χ3n) is 3.41. The molecular formula is C13H16N2O3. The van der Waals surface area contributed by atoms with E-state index in [1.54, 1.807) is 32.0 Å². The summed E-state index contributed by atoms with van der Waals surface area (Å²) in [4.78, 5) is 25.4. The molecule has 1 aromatic rings. The van der Waals surface area contributed by atoms with Crippen LogP contribution in [0.15, 0.2) is 18.2 Å². The molecule has 0 bridgehead atoms. The van der Waals surface area contributed by atoms with Crippen molar-refractivity contribution in [2.75, 3.05) is 17.7 Å². The van der Waals surface area contributed by atoms with Crippen LogP contribution in [-0.2, 0) is 9.59 Å². The summed E-state index contributed by atoms with van der Waals surface area (Å²) in [5, 5.41) is 0. The fourth-order valence-corrected chi connectivity index (χ4v) is 2.06. The molecule has 5 nitrogen and oxygen atoms in total. The van der Waals surface area contributed by atoms with Crippen LogP contribution in [0.4, 0.5) is 11.4 Å². The molecule has 2 atom stereocenters. The highest BCUT2D eigenvalue weighted by atomic mass is 16.5. The number of benzene rings is 1. The van der Waals surface area contributed by atoms with Gasteiger partial charge in [-0.3, -0.25) is 9.59 Å². The van der Waals surface area contributed by atoms with E-state index in [9.17, 15) is 9.59 Å². The molecule has 1 aromatic carbocycles. The molecule has 0 saturated carbocycles. The zero-order chi connectivity index (χ0) is 13.4. The molecule has 0 aromatic heterocycles. The Morgan fingerprint density at radius 2 is 1.72 bits per heavy atom. The van der Waals surface area contributed by atoms with Gasteiger partial charge in [0.1, 0.15) is 5.75 Å². The number of hydrogen-bond acceptors (Lipinski definition) is 4. The summed E-state index contributed by atoms with van der Waals surface area (Å²) in [7, 11) is 1.49. The molecule has 1 heterocycles. The number of nitrogens with zero attached hydrogens (tertiary/aromatic N) is 1. The first-order valence-corrected chi connectivity index (χ1v) is 5.78. The number of nitrogen functional groups attached to an aromatic ring is 1. The SMILES string of the molecule is COc1ccc(N)cc1N1C(=O)C(C)C(C)C1=O. The number of carbonyl (C=O) groups is 2. The molecular weight excluding hydrogens is 232 g/mol. The monoisotopic (exact) mass is 248 g/mol. The van der Waals surface area contributed by atoms with Gasteiger partial charge in [0.25, 0.3) is 0 Å². The fourth-order valence-electron chi connectivity index (χ4n) is 2.06. The number of nitrogens with two attached hydrogens (primary N) is 1. The van der Waals surface area contributed by atoms with Crippen molar-refractivity contribution in [3.8, 4) is 5.75 Å². The summed E-state index contributed by atoms with van der Waals surface area (Å²) < 4.78 is 5.18. The molecule has 5 heteroatoms. The van der Waals surface area contributed by atoms with E-state index >= 15 is 0 Å². The van der Waals surface area contributed by atoms with Crippen molar-refractivity contribution in [2.45, 2.75) is 13.8 Å². The van der Waals surface area contributed by atoms with Crippen LogP contribution in [0.3, 0.4) is 0 Å². The van der Waals surface area contributed by atoms with Gasteiger partial charge in [-0.1, -0.05) is 13.8 Å². The lowest BCUT2D eigenvalue weighted by Gasteiger charge is -2.18. The smallest absolute Gasteiger partial charge is 0.237 e. The van der Waals surface area contributed by atoms with Gasteiger partial charge in [-0.05, 0) is 18.2 Å². The van der Waals surface area contributed by atoms with E-state index in [-0.39, 0.29) is 23.7 Å². The molecule has 18 heavy (non-hydrogen) atoms. The molecule has 2 amide bonds. The number of hydrogen-bond donors (Lipinski definition) is 1. The minimum absolute atomic E-state index is 0.212. The van der Waals surface area contributed by atoms with Gasteiger partial charge in [0.05, 0.1) is 12.8 Å². The zero-order valence-corrected chi connectivity index (χ0v) is 10.6. The van der Waals surface area contributed by atoms with Gasteiger partial charge in [-0.2, -0.15) is 0 Å². The van der Waals surface area contributed by atoms with Crippen LogP contribution in [0, 0.1) is 11.8 Å². The Bertz CT molecular complexity index is 493. The maximum Gasteiger partial charge on any atom is 0.237 e. The van der Waals surface area contributed by atoms with E-state index in [0.29, 0.717) is 17.1 Å². The van der Waals surface area contributed by atoms with Crippen LogP contribution in [0.1, 0.15) is 13.8 Å². The third kappa shape index (κ3) is 1.72. The molecule has 0 aliphatic carbocycles. The van der Waals surface area contributed by atoms with Gasteiger partial charge in [0.15, 0.2) is 0 Å². The minimum Gasteiger partial charge on any atom is -0.495 e. The van der Waals surface area contributed by atoms with Crippen LogP contribution in [0.25, 0.3) is 0 Å². The van der Waals surface area contributed by atoms with Gasteiger partial charge >= 0.3 is 0 Å². The first-order chi connectivity index (χ1) is 8.47. The van der Waals surface area contributed by atoms with E-state index < -0.39 is 0 Å². The maximum atomic E-state index is 12.1. The maximum absolute atomic E-state index is 12.1. The van der Waals surface area contributed by atoms with Gasteiger partial charge in [0, 0.05) is 17.5 Å². The fraction of sp³-hybridized carbons (Fsp3) is 0.385. The van der Waals surface area contributed by atoms with Crippen molar-refractivity contribution in [2.24, 2.45) is 11.8 Å². The first kappa shape index (κ1) is 12.4. The molecule has 1 aliphatic heterocycles. The average molecular weight is 248 g/mol. The number of ether oxygens (including phenoxy) is 1. The van der Waals surface area contributed by atoms with Crippen LogP contribution in [0.5, 0.6) is 5.75 Å². The number of anilines is 2. The van der Waals surface area contributed by atoms with Crippen LogP contribution < -0.4 is 15.4 Å². The first-order valence-electron chi connectivity index (χ1n) is 5.78. The van der Waals surface area contributed by atoms with E-state index in [1.165, 1.54) is 12.0 Å². The Labute approximate surface area is 106 Å². The van der Waals surface area contributed by atoms with Crippen molar-refractivity contribution >= 4 is 23.2 Å². The molecule has 2 rings (SSSR count). The summed E-state index contributed by atoms with van der Waals surface area (Å²) >= 11 is 0. The quantitative estimate of drug-likeness (QED) is 0.634. The van der Waals surface area contributed by atoms with Crippen LogP contribution in [0.2, 0.25) is 0 Å². The molecule has 2 unspecified atom stereocenters. The Kier molecular flexibility index (Phi) is 2.98. The number of carbonyl (C=O) groups excluding carboxylic acids is 2. The van der Waals surface area contributed by atoms with Gasteiger partial charge in [0.2, 0.25) is 11.8 Å². The summed E-state index contributed by atoms with van der Waals surface area (Å²) in [6.07, 6.45) is 0. The predicted molar refractivity (Wildman–Crippen MR) is 68.2 cm³/mol. The third-order valence-corrected chi connectivity index (χ3v) is 3.41. The van der Waals surface area contributed by atoms with Crippen LogP contribution >= 0.6 is 0 Å². The molecule has 2 N–H and O–H groups in total. The highest BCUT2D eigenvalue weighted by Crippen LogP contribution is 2.37. The summed E-state index contributed by atoms with van der Waals surface area (Å²) in [5.74, 6) is -0.590. The summed E-state index contributed by atoms with van der Waals surface area (Å²) in [5.41, 5.74) is 6.61. The lowest BCUT2D eigenvalue weighted by molar-refractivity contribution is -0.122. The lowest BCUT2D eigenvalue weighted by atomic mass is 10.00. The number of imide groups is 1. The highest BCUT2D eigenvalue weighted by Gasteiger charge is 2.44. The van der Waals surface area contributed by atoms with Crippen molar-refractivity contribution in [1.29, 1.82) is 0 Å². The average Bonchev–Trinajstić information content (AvgIpc) is 2.54. The molecule has 1 saturated heterocycles. The Morgan fingerprint density at radius 3 is 2.22 bits per heavy atom. The van der Waals surface area contributed by atoms with Crippen LogP contribution in [-0.4, -0.2) is 18.9 Å². The predicted octanol–water partition coefficient (Wildman–Crippen LogP) is 1.42. The molecule has 1 aliphatic rings. The second-order valence-corrected chi connectivity index (χ2v) is 4.52. The number of rotatable bonds is 2. The normalized spacial score (nSPS) is 23.6. The molecule has 1 fully saturated rings. The lowest BCUT2D eigenvalue weighted by Crippen LogP contribution is -2.31. The van der Waals surface area contributed by atoms with E-state index in [1.807, 2.05) is 0 Å². The van der Waals surface area contributed by atoms with Crippen molar-refractivity contribution in [3.05, 3.63) is 18.2 Å². The molecule has 0 spiro atoms. The Balaban J connectivity index is 2.52.